The largest absolute Gasteiger partial charge is 0.490 e. The van der Waals surface area contributed by atoms with Crippen LogP contribution in [0.3, 0.4) is 0 Å². The molecule has 0 bridgehead atoms. The average Bonchev–Trinajstić information content (AvgIpc) is 2.26. The second kappa shape index (κ2) is 5.45. The molecule has 2 N–H and O–H groups in total. The van der Waals surface area contributed by atoms with E-state index in [1.165, 1.54) is 0 Å². The molecule has 14 heavy (non-hydrogen) atoms. The van der Waals surface area contributed by atoms with Gasteiger partial charge in [0.25, 0.3) is 0 Å². The van der Waals surface area contributed by atoms with Crippen molar-refractivity contribution < 1.29 is 4.74 Å². The lowest BCUT2D eigenvalue weighted by molar-refractivity contribution is 0.363. The summed E-state index contributed by atoms with van der Waals surface area (Å²) in [5.41, 5.74) is 7.04. The summed E-state index contributed by atoms with van der Waals surface area (Å²) in [6.07, 6.45) is 2.68. The molecule has 0 aliphatic heterocycles. The summed E-state index contributed by atoms with van der Waals surface area (Å²) in [6.45, 7) is 6.21. The summed E-state index contributed by atoms with van der Waals surface area (Å²) in [5, 5.41) is 0. The first-order valence-electron chi connectivity index (χ1n) is 4.87. The van der Waals surface area contributed by atoms with E-state index >= 15 is 0 Å². The van der Waals surface area contributed by atoms with E-state index in [1.54, 1.807) is 6.08 Å². The maximum Gasteiger partial charge on any atom is 0.119 e. The molecule has 0 heterocycles. The van der Waals surface area contributed by atoms with E-state index in [0.29, 0.717) is 6.61 Å². The van der Waals surface area contributed by atoms with Crippen LogP contribution in [0.2, 0.25) is 0 Å². The van der Waals surface area contributed by atoms with Gasteiger partial charge in [-0.1, -0.05) is 31.7 Å². The molecule has 2 nitrogen and oxygen atoms in total. The van der Waals surface area contributed by atoms with Gasteiger partial charge >= 0.3 is 0 Å². The Morgan fingerprint density at radius 2 is 2.07 bits per heavy atom. The molecule has 2 heteroatoms. The molecule has 1 unspecified atom stereocenters. The van der Waals surface area contributed by atoms with Crippen LogP contribution >= 0.6 is 0 Å². The molecule has 0 saturated heterocycles. The van der Waals surface area contributed by atoms with Gasteiger partial charge in [-0.25, -0.2) is 0 Å². The highest BCUT2D eigenvalue weighted by Gasteiger charge is 2.02. The normalized spacial score (nSPS) is 12.1. The second-order valence-corrected chi connectivity index (χ2v) is 3.18. The summed E-state index contributed by atoms with van der Waals surface area (Å²) in [5.74, 6) is 0.858. The Bertz CT molecular complexity index is 279. The Labute approximate surface area is 85.4 Å². The summed E-state index contributed by atoms with van der Waals surface area (Å²) < 4.78 is 5.36. The Morgan fingerprint density at radius 1 is 1.43 bits per heavy atom. The zero-order chi connectivity index (χ0) is 10.4. The van der Waals surface area contributed by atoms with Crippen molar-refractivity contribution in [2.45, 2.75) is 19.4 Å². The van der Waals surface area contributed by atoms with Crippen LogP contribution in [0.4, 0.5) is 0 Å². The standard InChI is InChI=1S/C12H17NO/c1-3-9-14-11-7-5-10(6-8-11)12(13)4-2/h3,5-8,12H,1,4,9,13H2,2H3. The summed E-state index contributed by atoms with van der Waals surface area (Å²) >= 11 is 0. The number of rotatable bonds is 5. The Balaban J connectivity index is 2.63. The molecule has 76 valence electrons. The van der Waals surface area contributed by atoms with Crippen molar-refractivity contribution in [1.82, 2.24) is 0 Å². The summed E-state index contributed by atoms with van der Waals surface area (Å²) in [4.78, 5) is 0. The highest BCUT2D eigenvalue weighted by Crippen LogP contribution is 2.17. The average molecular weight is 191 g/mol. The zero-order valence-electron chi connectivity index (χ0n) is 8.57. The van der Waals surface area contributed by atoms with Gasteiger partial charge in [-0.15, -0.1) is 0 Å². The predicted molar refractivity (Wildman–Crippen MR) is 59.4 cm³/mol. The third kappa shape index (κ3) is 2.89. The molecule has 0 aromatic heterocycles. The van der Waals surface area contributed by atoms with Crippen molar-refractivity contribution in [3.8, 4) is 5.75 Å². The fraction of sp³-hybridized carbons (Fsp3) is 0.333. The van der Waals surface area contributed by atoms with Crippen molar-refractivity contribution in [3.05, 3.63) is 42.5 Å². The van der Waals surface area contributed by atoms with E-state index in [-0.39, 0.29) is 6.04 Å². The monoisotopic (exact) mass is 191 g/mol. The van der Waals surface area contributed by atoms with Gasteiger partial charge in [0.05, 0.1) is 0 Å². The second-order valence-electron chi connectivity index (χ2n) is 3.18. The molecule has 0 amide bonds. The molecule has 1 aromatic carbocycles. The molecule has 1 atom stereocenters. The first kappa shape index (κ1) is 10.8. The highest BCUT2D eigenvalue weighted by atomic mass is 16.5. The van der Waals surface area contributed by atoms with Gasteiger partial charge < -0.3 is 10.5 Å². The van der Waals surface area contributed by atoms with Gasteiger partial charge in [-0.3, -0.25) is 0 Å². The Hall–Kier alpha value is -1.28. The smallest absolute Gasteiger partial charge is 0.119 e. The van der Waals surface area contributed by atoms with Crippen LogP contribution in [0, 0.1) is 0 Å². The SMILES string of the molecule is C=CCOc1ccc(C(N)CC)cc1. The van der Waals surface area contributed by atoms with Crippen LogP contribution in [-0.2, 0) is 0 Å². The van der Waals surface area contributed by atoms with Crippen molar-refractivity contribution in [2.75, 3.05) is 6.61 Å². The van der Waals surface area contributed by atoms with Crippen LogP contribution in [0.25, 0.3) is 0 Å². The predicted octanol–water partition coefficient (Wildman–Crippen LogP) is 2.66. The van der Waals surface area contributed by atoms with E-state index in [9.17, 15) is 0 Å². The van der Waals surface area contributed by atoms with Gasteiger partial charge in [-0.05, 0) is 24.1 Å². The van der Waals surface area contributed by atoms with E-state index in [1.807, 2.05) is 24.3 Å². The first-order chi connectivity index (χ1) is 6.77. The van der Waals surface area contributed by atoms with Crippen molar-refractivity contribution in [3.63, 3.8) is 0 Å². The zero-order valence-corrected chi connectivity index (χ0v) is 8.57. The van der Waals surface area contributed by atoms with E-state index in [4.69, 9.17) is 10.5 Å². The lowest BCUT2D eigenvalue weighted by Crippen LogP contribution is -2.08. The van der Waals surface area contributed by atoms with Crippen LogP contribution < -0.4 is 10.5 Å². The lowest BCUT2D eigenvalue weighted by Gasteiger charge is -2.09. The fourth-order valence-electron chi connectivity index (χ4n) is 1.20. The molecule has 0 radical (unpaired) electrons. The Kier molecular flexibility index (Phi) is 4.20. The van der Waals surface area contributed by atoms with Gasteiger partial charge in [-0.2, -0.15) is 0 Å². The number of benzene rings is 1. The fourth-order valence-corrected chi connectivity index (χ4v) is 1.20. The molecule has 0 spiro atoms. The summed E-state index contributed by atoms with van der Waals surface area (Å²) in [6, 6.07) is 8.02. The van der Waals surface area contributed by atoms with Crippen LogP contribution in [0.15, 0.2) is 36.9 Å². The molecule has 1 rings (SSSR count). The quantitative estimate of drug-likeness (QED) is 0.726. The van der Waals surface area contributed by atoms with E-state index in [2.05, 4.69) is 13.5 Å². The van der Waals surface area contributed by atoms with E-state index < -0.39 is 0 Å². The van der Waals surface area contributed by atoms with Crippen molar-refractivity contribution in [2.24, 2.45) is 5.73 Å². The van der Waals surface area contributed by atoms with Gasteiger partial charge in [0, 0.05) is 6.04 Å². The number of hydrogen-bond donors (Lipinski definition) is 1. The third-order valence-electron chi connectivity index (χ3n) is 2.12. The van der Waals surface area contributed by atoms with E-state index in [0.717, 1.165) is 17.7 Å². The van der Waals surface area contributed by atoms with Crippen LogP contribution in [0.5, 0.6) is 5.75 Å². The molecular formula is C12H17NO. The minimum Gasteiger partial charge on any atom is -0.490 e. The van der Waals surface area contributed by atoms with Crippen LogP contribution in [-0.4, -0.2) is 6.61 Å². The maximum atomic E-state index is 5.89. The number of hydrogen-bond acceptors (Lipinski definition) is 2. The molecular weight excluding hydrogens is 174 g/mol. The van der Waals surface area contributed by atoms with Gasteiger partial charge in [0.2, 0.25) is 0 Å². The highest BCUT2D eigenvalue weighted by molar-refractivity contribution is 5.29. The number of ether oxygens (including phenoxy) is 1. The van der Waals surface area contributed by atoms with Gasteiger partial charge in [0.15, 0.2) is 0 Å². The summed E-state index contributed by atoms with van der Waals surface area (Å²) in [7, 11) is 0. The Morgan fingerprint density at radius 3 is 2.57 bits per heavy atom. The lowest BCUT2D eigenvalue weighted by atomic mass is 10.1. The molecule has 1 aromatic rings. The van der Waals surface area contributed by atoms with Crippen molar-refractivity contribution >= 4 is 0 Å². The molecule has 0 fully saturated rings. The van der Waals surface area contributed by atoms with Crippen LogP contribution in [0.1, 0.15) is 24.9 Å². The molecule has 0 aliphatic carbocycles. The molecule has 0 aliphatic rings. The topological polar surface area (TPSA) is 35.2 Å². The number of nitrogens with two attached hydrogens (primary N) is 1. The minimum absolute atomic E-state index is 0.128. The minimum atomic E-state index is 0.128. The van der Waals surface area contributed by atoms with Gasteiger partial charge in [0.1, 0.15) is 12.4 Å². The maximum absolute atomic E-state index is 5.89. The first-order valence-corrected chi connectivity index (χ1v) is 4.87. The third-order valence-corrected chi connectivity index (χ3v) is 2.12. The molecule has 0 saturated carbocycles. The van der Waals surface area contributed by atoms with Crippen molar-refractivity contribution in [1.29, 1.82) is 0 Å².